The molecule has 27 heavy (non-hydrogen) atoms. The third-order valence-electron chi connectivity index (χ3n) is 4.65. The highest BCUT2D eigenvalue weighted by molar-refractivity contribution is 7.99. The van der Waals surface area contributed by atoms with Crippen molar-refractivity contribution in [2.75, 3.05) is 25.4 Å². The molecule has 0 atom stereocenters. The van der Waals surface area contributed by atoms with Gasteiger partial charge in [0, 0.05) is 39.2 Å². The zero-order chi connectivity index (χ0) is 19.1. The van der Waals surface area contributed by atoms with Gasteiger partial charge in [-0.1, -0.05) is 61.8 Å². The zero-order valence-electron chi connectivity index (χ0n) is 15.9. The molecule has 0 heterocycles. The topological polar surface area (TPSA) is 15.6 Å². The number of halogens is 1. The van der Waals surface area contributed by atoms with Crippen LogP contribution in [0.5, 0.6) is 0 Å². The third-order valence-corrected chi connectivity index (χ3v) is 5.97. The fourth-order valence-corrected chi connectivity index (χ4v) is 4.13. The van der Waals surface area contributed by atoms with Gasteiger partial charge in [0.2, 0.25) is 0 Å². The lowest BCUT2D eigenvalue weighted by Gasteiger charge is -2.17. The minimum atomic E-state index is 0.760. The molecule has 0 aromatic heterocycles. The van der Waals surface area contributed by atoms with Crippen LogP contribution in [0.4, 0.5) is 5.69 Å². The number of hydrogen-bond donors (Lipinski definition) is 0. The molecule has 0 unspecified atom stereocenters. The number of benzene rings is 3. The van der Waals surface area contributed by atoms with Crippen molar-refractivity contribution in [1.29, 1.82) is 0 Å². The summed E-state index contributed by atoms with van der Waals surface area (Å²) in [5, 5.41) is 2.87. The second-order valence-corrected chi connectivity index (χ2v) is 7.89. The van der Waals surface area contributed by atoms with Crippen molar-refractivity contribution in [3.05, 3.63) is 71.2 Å². The maximum atomic E-state index is 6.29. The van der Waals surface area contributed by atoms with Crippen LogP contribution in [-0.4, -0.2) is 36.5 Å². The second-order valence-electron chi connectivity index (χ2n) is 6.31. The van der Waals surface area contributed by atoms with E-state index >= 15 is 0 Å². The van der Waals surface area contributed by atoms with Crippen molar-refractivity contribution in [2.45, 2.75) is 18.7 Å². The van der Waals surface area contributed by atoms with Crippen molar-refractivity contribution < 1.29 is 0 Å². The Bertz CT molecular complexity index is 902. The van der Waals surface area contributed by atoms with E-state index in [0.29, 0.717) is 0 Å². The highest BCUT2D eigenvalue weighted by atomic mass is 35.5. The molecule has 0 aliphatic rings. The van der Waals surface area contributed by atoms with Gasteiger partial charge >= 0.3 is 0 Å². The summed E-state index contributed by atoms with van der Waals surface area (Å²) in [6.45, 7) is 7.79. The molecular weight excluding hydrogens is 372 g/mol. The van der Waals surface area contributed by atoms with Crippen LogP contribution in [0.2, 0.25) is 5.02 Å². The molecular formula is C23H25ClN2S. The summed E-state index contributed by atoms with van der Waals surface area (Å²) in [5.74, 6) is 1.12. The van der Waals surface area contributed by atoms with E-state index < -0.39 is 0 Å². The molecule has 0 spiro atoms. The van der Waals surface area contributed by atoms with E-state index in [1.807, 2.05) is 48.3 Å². The SMILES string of the molecule is CCN(CC)CCSc1ccc(C=Nc2ccc(Cl)c3ccccc23)cc1. The van der Waals surface area contributed by atoms with Crippen LogP contribution in [0.1, 0.15) is 19.4 Å². The van der Waals surface area contributed by atoms with Crippen LogP contribution in [0, 0.1) is 0 Å². The minimum absolute atomic E-state index is 0.760. The molecule has 4 heteroatoms. The van der Waals surface area contributed by atoms with E-state index in [1.54, 1.807) is 0 Å². The first-order chi connectivity index (χ1) is 13.2. The number of rotatable bonds is 8. The second kappa shape index (κ2) is 9.93. The Kier molecular flexibility index (Phi) is 7.33. The van der Waals surface area contributed by atoms with Crippen LogP contribution < -0.4 is 0 Å². The van der Waals surface area contributed by atoms with Crippen molar-refractivity contribution in [1.82, 2.24) is 4.90 Å². The normalized spacial score (nSPS) is 11.7. The highest BCUT2D eigenvalue weighted by Gasteiger charge is 2.03. The molecule has 0 amide bonds. The standard InChI is InChI=1S/C23H25ClN2S/c1-3-26(4-2)15-16-27-19-11-9-18(10-12-19)17-25-23-14-13-22(24)20-7-5-6-8-21(20)23/h5-14,17H,3-4,15-16H2,1-2H3. The summed E-state index contributed by atoms with van der Waals surface area (Å²) in [6.07, 6.45) is 1.92. The third kappa shape index (κ3) is 5.35. The van der Waals surface area contributed by atoms with Gasteiger partial charge in [0.25, 0.3) is 0 Å². The molecule has 0 saturated heterocycles. The molecule has 0 bridgehead atoms. The quantitative estimate of drug-likeness (QED) is 0.312. The maximum Gasteiger partial charge on any atom is 0.0709 e. The van der Waals surface area contributed by atoms with Gasteiger partial charge in [-0.15, -0.1) is 11.8 Å². The van der Waals surface area contributed by atoms with Crippen molar-refractivity contribution >= 4 is 46.0 Å². The predicted octanol–water partition coefficient (Wildman–Crippen LogP) is 6.68. The van der Waals surface area contributed by atoms with Gasteiger partial charge in [0.15, 0.2) is 0 Å². The summed E-state index contributed by atoms with van der Waals surface area (Å²) in [7, 11) is 0. The Morgan fingerprint density at radius 3 is 2.33 bits per heavy atom. The van der Waals surface area contributed by atoms with E-state index in [1.165, 1.54) is 4.90 Å². The Morgan fingerprint density at radius 2 is 1.63 bits per heavy atom. The van der Waals surface area contributed by atoms with Crippen molar-refractivity contribution in [2.24, 2.45) is 4.99 Å². The smallest absolute Gasteiger partial charge is 0.0709 e. The van der Waals surface area contributed by atoms with Crippen LogP contribution in [-0.2, 0) is 0 Å². The van der Waals surface area contributed by atoms with E-state index in [4.69, 9.17) is 11.6 Å². The summed E-state index contributed by atoms with van der Waals surface area (Å²) in [4.78, 5) is 8.44. The first-order valence-electron chi connectivity index (χ1n) is 9.37. The number of nitrogens with zero attached hydrogens (tertiary/aromatic N) is 2. The van der Waals surface area contributed by atoms with Gasteiger partial charge in [-0.05, 0) is 42.9 Å². The molecule has 0 aliphatic carbocycles. The molecule has 140 valence electrons. The van der Waals surface area contributed by atoms with Crippen molar-refractivity contribution in [3.8, 4) is 0 Å². The van der Waals surface area contributed by atoms with Gasteiger partial charge in [-0.2, -0.15) is 0 Å². The minimum Gasteiger partial charge on any atom is -0.303 e. The first-order valence-corrected chi connectivity index (χ1v) is 10.7. The zero-order valence-corrected chi connectivity index (χ0v) is 17.4. The van der Waals surface area contributed by atoms with Gasteiger partial charge in [-0.25, -0.2) is 0 Å². The van der Waals surface area contributed by atoms with Crippen LogP contribution in [0.25, 0.3) is 10.8 Å². The molecule has 2 nitrogen and oxygen atoms in total. The fourth-order valence-electron chi connectivity index (χ4n) is 2.99. The molecule has 0 saturated carbocycles. The molecule has 0 N–H and O–H groups in total. The Morgan fingerprint density at radius 1 is 0.926 bits per heavy atom. The van der Waals surface area contributed by atoms with E-state index in [2.05, 4.69) is 54.1 Å². The predicted molar refractivity (Wildman–Crippen MR) is 121 cm³/mol. The van der Waals surface area contributed by atoms with Gasteiger partial charge in [0.1, 0.15) is 0 Å². The lowest BCUT2D eigenvalue weighted by Crippen LogP contribution is -2.25. The molecule has 0 fully saturated rings. The molecule has 3 rings (SSSR count). The van der Waals surface area contributed by atoms with E-state index in [0.717, 1.165) is 52.4 Å². The number of hydrogen-bond acceptors (Lipinski definition) is 3. The van der Waals surface area contributed by atoms with Crippen LogP contribution in [0.3, 0.4) is 0 Å². The first kappa shape index (κ1) is 19.9. The van der Waals surface area contributed by atoms with Crippen LogP contribution in [0.15, 0.2) is 70.6 Å². The molecule has 0 radical (unpaired) electrons. The summed E-state index contributed by atoms with van der Waals surface area (Å²) in [6, 6.07) is 20.6. The maximum absolute atomic E-state index is 6.29. The van der Waals surface area contributed by atoms with Gasteiger partial charge in [0.05, 0.1) is 5.69 Å². The Labute approximate surface area is 171 Å². The van der Waals surface area contributed by atoms with E-state index in [-0.39, 0.29) is 0 Å². The number of fused-ring (bicyclic) bond motifs is 1. The molecule has 0 aliphatic heterocycles. The lowest BCUT2D eigenvalue weighted by atomic mass is 10.1. The van der Waals surface area contributed by atoms with Crippen LogP contribution >= 0.6 is 23.4 Å². The van der Waals surface area contributed by atoms with Gasteiger partial charge < -0.3 is 4.90 Å². The summed E-state index contributed by atoms with van der Waals surface area (Å²) < 4.78 is 0. The average Bonchev–Trinajstić information content (AvgIpc) is 2.72. The molecule has 3 aromatic carbocycles. The number of thioether (sulfide) groups is 1. The fraction of sp³-hybridized carbons (Fsp3) is 0.261. The highest BCUT2D eigenvalue weighted by Crippen LogP contribution is 2.31. The summed E-state index contributed by atoms with van der Waals surface area (Å²) >= 11 is 8.19. The summed E-state index contributed by atoms with van der Waals surface area (Å²) in [5.41, 5.74) is 2.04. The number of aliphatic imine (C=N–C) groups is 1. The van der Waals surface area contributed by atoms with Gasteiger partial charge in [-0.3, -0.25) is 4.99 Å². The average molecular weight is 397 g/mol. The lowest BCUT2D eigenvalue weighted by molar-refractivity contribution is 0.324. The largest absolute Gasteiger partial charge is 0.303 e. The molecule has 3 aromatic rings. The monoisotopic (exact) mass is 396 g/mol. The Hall–Kier alpha value is -1.81. The van der Waals surface area contributed by atoms with E-state index in [9.17, 15) is 0 Å². The van der Waals surface area contributed by atoms with Crippen molar-refractivity contribution in [3.63, 3.8) is 0 Å². The Balaban J connectivity index is 1.66.